The third kappa shape index (κ3) is 2.02. The standard InChI is InChI=1S/C14H11NO3S/c1-9-8-19-14(17)15(9)6-12(16)11-7-18-13-5-3-2-4-10(11)13/h2-5,7-8H,6H2,1H3. The number of ketones is 1. The highest BCUT2D eigenvalue weighted by Gasteiger charge is 2.15. The monoisotopic (exact) mass is 273 g/mol. The number of fused-ring (bicyclic) bond motifs is 1. The van der Waals surface area contributed by atoms with Crippen molar-refractivity contribution in [2.24, 2.45) is 0 Å². The number of rotatable bonds is 3. The Hall–Kier alpha value is -2.14. The number of benzene rings is 1. The number of hydrogen-bond donors (Lipinski definition) is 0. The van der Waals surface area contributed by atoms with E-state index in [0.717, 1.165) is 22.4 Å². The summed E-state index contributed by atoms with van der Waals surface area (Å²) in [6.45, 7) is 1.87. The Balaban J connectivity index is 1.99. The van der Waals surface area contributed by atoms with E-state index in [1.165, 1.54) is 10.8 Å². The zero-order chi connectivity index (χ0) is 13.4. The molecule has 2 aromatic heterocycles. The molecule has 3 aromatic rings. The second kappa shape index (κ2) is 4.51. The molecule has 0 aliphatic carbocycles. The van der Waals surface area contributed by atoms with E-state index in [9.17, 15) is 9.59 Å². The third-order valence-electron chi connectivity index (χ3n) is 3.06. The van der Waals surface area contributed by atoms with E-state index in [0.29, 0.717) is 11.1 Å². The molecule has 0 spiro atoms. The number of carbonyl (C=O) groups excluding carboxylic acids is 1. The van der Waals surface area contributed by atoms with Crippen molar-refractivity contribution in [2.75, 3.05) is 0 Å². The number of aromatic nitrogens is 1. The lowest BCUT2D eigenvalue weighted by Crippen LogP contribution is -2.20. The van der Waals surface area contributed by atoms with E-state index in [1.807, 2.05) is 31.2 Å². The molecule has 19 heavy (non-hydrogen) atoms. The molecule has 0 radical (unpaired) electrons. The molecule has 0 amide bonds. The molecular weight excluding hydrogens is 262 g/mol. The molecule has 0 aliphatic heterocycles. The van der Waals surface area contributed by atoms with Gasteiger partial charge in [-0.15, -0.1) is 0 Å². The third-order valence-corrected chi connectivity index (χ3v) is 3.94. The van der Waals surface area contributed by atoms with Crippen LogP contribution in [0.1, 0.15) is 16.1 Å². The van der Waals surface area contributed by atoms with Crippen LogP contribution in [0.15, 0.2) is 45.1 Å². The van der Waals surface area contributed by atoms with Crippen LogP contribution in [0.2, 0.25) is 0 Å². The van der Waals surface area contributed by atoms with Gasteiger partial charge in [0.15, 0.2) is 5.78 Å². The average Bonchev–Trinajstić information content (AvgIpc) is 2.97. The molecule has 0 aliphatic rings. The molecule has 0 N–H and O–H groups in total. The first kappa shape index (κ1) is 11.9. The minimum atomic E-state index is -0.117. The molecule has 0 saturated carbocycles. The van der Waals surface area contributed by atoms with Crippen molar-refractivity contribution < 1.29 is 9.21 Å². The van der Waals surface area contributed by atoms with Crippen LogP contribution in [0.25, 0.3) is 11.0 Å². The van der Waals surface area contributed by atoms with Gasteiger partial charge in [0.05, 0.1) is 12.1 Å². The summed E-state index contributed by atoms with van der Waals surface area (Å²) in [7, 11) is 0. The fraction of sp³-hybridized carbons (Fsp3) is 0.143. The lowest BCUT2D eigenvalue weighted by atomic mass is 10.1. The van der Waals surface area contributed by atoms with Crippen molar-refractivity contribution in [1.82, 2.24) is 4.57 Å². The summed E-state index contributed by atoms with van der Waals surface area (Å²) in [6, 6.07) is 7.37. The van der Waals surface area contributed by atoms with E-state index in [1.54, 1.807) is 5.38 Å². The van der Waals surface area contributed by atoms with E-state index in [4.69, 9.17) is 4.42 Å². The van der Waals surface area contributed by atoms with Crippen molar-refractivity contribution in [3.63, 3.8) is 0 Å². The zero-order valence-electron chi connectivity index (χ0n) is 10.3. The fourth-order valence-corrected chi connectivity index (χ4v) is 2.75. The van der Waals surface area contributed by atoms with E-state index < -0.39 is 0 Å². The normalized spacial score (nSPS) is 11.0. The van der Waals surface area contributed by atoms with E-state index in [-0.39, 0.29) is 17.2 Å². The lowest BCUT2D eigenvalue weighted by molar-refractivity contribution is 0.0971. The zero-order valence-corrected chi connectivity index (χ0v) is 11.1. The Kier molecular flexibility index (Phi) is 2.83. The van der Waals surface area contributed by atoms with Crippen LogP contribution in [0.5, 0.6) is 0 Å². The highest BCUT2D eigenvalue weighted by Crippen LogP contribution is 2.21. The molecule has 0 saturated heterocycles. The van der Waals surface area contributed by atoms with Gasteiger partial charge in [0.2, 0.25) is 0 Å². The summed E-state index contributed by atoms with van der Waals surface area (Å²) in [5.41, 5.74) is 2.00. The molecule has 5 heteroatoms. The number of carbonyl (C=O) groups is 1. The Morgan fingerprint density at radius 3 is 2.89 bits per heavy atom. The van der Waals surface area contributed by atoms with Crippen LogP contribution in [0.3, 0.4) is 0 Å². The first-order valence-electron chi connectivity index (χ1n) is 5.81. The van der Waals surface area contributed by atoms with Gasteiger partial charge in [-0.3, -0.25) is 14.2 Å². The van der Waals surface area contributed by atoms with Gasteiger partial charge in [-0.25, -0.2) is 0 Å². The number of thiazole rings is 1. The van der Waals surface area contributed by atoms with Crippen LogP contribution in [-0.2, 0) is 6.54 Å². The number of para-hydroxylation sites is 1. The Bertz CT molecular complexity index is 809. The van der Waals surface area contributed by atoms with Gasteiger partial charge in [0, 0.05) is 16.5 Å². The van der Waals surface area contributed by atoms with Crippen molar-refractivity contribution >= 4 is 28.1 Å². The molecule has 0 fully saturated rings. The molecule has 1 aromatic carbocycles. The molecule has 0 bridgehead atoms. The van der Waals surface area contributed by atoms with Crippen molar-refractivity contribution in [1.29, 1.82) is 0 Å². The highest BCUT2D eigenvalue weighted by molar-refractivity contribution is 7.07. The van der Waals surface area contributed by atoms with Crippen LogP contribution in [0.4, 0.5) is 0 Å². The van der Waals surface area contributed by atoms with E-state index in [2.05, 4.69) is 0 Å². The average molecular weight is 273 g/mol. The van der Waals surface area contributed by atoms with Gasteiger partial charge in [0.1, 0.15) is 11.8 Å². The maximum absolute atomic E-state index is 12.3. The van der Waals surface area contributed by atoms with Crippen molar-refractivity contribution in [3.05, 3.63) is 56.8 Å². The summed E-state index contributed by atoms with van der Waals surface area (Å²) in [5.74, 6) is -0.117. The Labute approximate surface area is 112 Å². The fourth-order valence-electron chi connectivity index (χ4n) is 2.02. The Morgan fingerprint density at radius 1 is 1.37 bits per heavy atom. The largest absolute Gasteiger partial charge is 0.464 e. The molecule has 2 heterocycles. The molecule has 0 unspecified atom stereocenters. The van der Waals surface area contributed by atoms with Gasteiger partial charge in [-0.1, -0.05) is 29.5 Å². The number of aryl methyl sites for hydroxylation is 1. The van der Waals surface area contributed by atoms with Gasteiger partial charge in [-0.2, -0.15) is 0 Å². The summed E-state index contributed by atoms with van der Waals surface area (Å²) in [5, 5.41) is 2.54. The molecule has 4 nitrogen and oxygen atoms in total. The second-order valence-electron chi connectivity index (χ2n) is 4.30. The highest BCUT2D eigenvalue weighted by atomic mass is 32.1. The van der Waals surface area contributed by atoms with Crippen LogP contribution in [-0.4, -0.2) is 10.4 Å². The minimum Gasteiger partial charge on any atom is -0.464 e. The summed E-state index contributed by atoms with van der Waals surface area (Å²) >= 11 is 1.11. The molecule has 0 atom stereocenters. The van der Waals surface area contributed by atoms with Crippen LogP contribution in [0, 0.1) is 6.92 Å². The molecule has 96 valence electrons. The van der Waals surface area contributed by atoms with Gasteiger partial charge < -0.3 is 4.42 Å². The topological polar surface area (TPSA) is 52.2 Å². The summed E-state index contributed by atoms with van der Waals surface area (Å²) in [6.07, 6.45) is 1.46. The van der Waals surface area contributed by atoms with Gasteiger partial charge in [-0.05, 0) is 13.0 Å². The van der Waals surface area contributed by atoms with Crippen LogP contribution >= 0.6 is 11.3 Å². The number of Topliss-reactive ketones (excluding diaryl/α,β-unsaturated/α-hetero) is 1. The van der Waals surface area contributed by atoms with E-state index >= 15 is 0 Å². The summed E-state index contributed by atoms with van der Waals surface area (Å²) in [4.78, 5) is 23.8. The van der Waals surface area contributed by atoms with Crippen LogP contribution < -0.4 is 4.87 Å². The first-order valence-corrected chi connectivity index (χ1v) is 6.69. The number of furan rings is 1. The SMILES string of the molecule is Cc1csc(=O)n1CC(=O)c1coc2ccccc12. The van der Waals surface area contributed by atoms with Gasteiger partial charge in [0.25, 0.3) is 0 Å². The predicted molar refractivity (Wildman–Crippen MR) is 73.9 cm³/mol. The maximum Gasteiger partial charge on any atom is 0.307 e. The number of hydrogen-bond acceptors (Lipinski definition) is 4. The second-order valence-corrected chi connectivity index (χ2v) is 5.12. The van der Waals surface area contributed by atoms with Crippen molar-refractivity contribution in [2.45, 2.75) is 13.5 Å². The van der Waals surface area contributed by atoms with Crippen molar-refractivity contribution in [3.8, 4) is 0 Å². The summed E-state index contributed by atoms with van der Waals surface area (Å²) < 4.78 is 6.83. The minimum absolute atomic E-state index is 0.0533. The smallest absolute Gasteiger partial charge is 0.307 e. The molecular formula is C14H11NO3S. The lowest BCUT2D eigenvalue weighted by Gasteiger charge is -2.02. The number of nitrogens with zero attached hydrogens (tertiary/aromatic N) is 1. The first-order chi connectivity index (χ1) is 9.16. The van der Waals surface area contributed by atoms with Gasteiger partial charge >= 0.3 is 4.87 Å². The quantitative estimate of drug-likeness (QED) is 0.689. The molecule has 3 rings (SSSR count). The predicted octanol–water partition coefficient (Wildman–Crippen LogP) is 2.85. The maximum atomic E-state index is 12.3. The Morgan fingerprint density at radius 2 is 2.16 bits per heavy atom.